The third kappa shape index (κ3) is 3.76. The molecule has 2 N–H and O–H groups in total. The quantitative estimate of drug-likeness (QED) is 0.833. The van der Waals surface area contributed by atoms with E-state index in [0.717, 1.165) is 0 Å². The number of hydrogen-bond donors (Lipinski definition) is 2. The molecule has 0 saturated carbocycles. The Labute approximate surface area is 137 Å². The molecular formula is C15H19N3O4S. The highest BCUT2D eigenvalue weighted by atomic mass is 32.1. The van der Waals surface area contributed by atoms with E-state index < -0.39 is 23.4 Å². The third-order valence-corrected chi connectivity index (χ3v) is 4.43. The predicted molar refractivity (Wildman–Crippen MR) is 87.0 cm³/mol. The molecule has 2 rings (SSSR count). The first-order valence-electron chi connectivity index (χ1n) is 7.28. The normalized spacial score (nSPS) is 12.5. The first-order valence-corrected chi connectivity index (χ1v) is 8.16. The Hall–Kier alpha value is -2.22. The van der Waals surface area contributed by atoms with E-state index in [1.165, 1.54) is 21.9 Å². The molecule has 0 radical (unpaired) electrons. The maximum absolute atomic E-state index is 12.4. The van der Waals surface area contributed by atoms with Gasteiger partial charge in [-0.2, -0.15) is 0 Å². The highest BCUT2D eigenvalue weighted by Gasteiger charge is 2.21. The van der Waals surface area contributed by atoms with Gasteiger partial charge in [-0.15, -0.1) is 11.3 Å². The number of aryl methyl sites for hydroxylation is 1. The summed E-state index contributed by atoms with van der Waals surface area (Å²) in [5.74, 6) is -2.04. The number of hydrogen-bond acceptors (Lipinski definition) is 5. The van der Waals surface area contributed by atoms with Crippen molar-refractivity contribution in [1.82, 2.24) is 14.7 Å². The highest BCUT2D eigenvalue weighted by Crippen LogP contribution is 2.12. The van der Waals surface area contributed by atoms with Gasteiger partial charge in [0.2, 0.25) is 0 Å². The van der Waals surface area contributed by atoms with Crippen molar-refractivity contribution in [2.24, 2.45) is 11.8 Å². The van der Waals surface area contributed by atoms with Gasteiger partial charge in [0, 0.05) is 23.8 Å². The van der Waals surface area contributed by atoms with Crippen molar-refractivity contribution in [3.63, 3.8) is 0 Å². The number of rotatable bonds is 6. The average Bonchev–Trinajstić information content (AvgIpc) is 2.85. The van der Waals surface area contributed by atoms with Gasteiger partial charge in [-0.3, -0.25) is 18.8 Å². The largest absolute Gasteiger partial charge is 0.481 e. The molecule has 2 aromatic heterocycles. The molecule has 1 unspecified atom stereocenters. The first kappa shape index (κ1) is 17.1. The van der Waals surface area contributed by atoms with E-state index in [1.807, 2.05) is 13.8 Å². The van der Waals surface area contributed by atoms with E-state index in [-0.39, 0.29) is 18.0 Å². The maximum Gasteiger partial charge on any atom is 0.308 e. The van der Waals surface area contributed by atoms with Crippen molar-refractivity contribution >= 4 is 28.2 Å². The number of aliphatic carboxylic acids is 1. The van der Waals surface area contributed by atoms with Crippen LogP contribution in [0.4, 0.5) is 0 Å². The lowest BCUT2D eigenvalue weighted by Crippen LogP contribution is -2.37. The van der Waals surface area contributed by atoms with Gasteiger partial charge in [0.05, 0.1) is 5.92 Å². The smallest absolute Gasteiger partial charge is 0.308 e. The van der Waals surface area contributed by atoms with Gasteiger partial charge < -0.3 is 10.4 Å². The summed E-state index contributed by atoms with van der Waals surface area (Å²) in [7, 11) is 0. The molecule has 0 saturated heterocycles. The Morgan fingerprint density at radius 2 is 2.13 bits per heavy atom. The van der Waals surface area contributed by atoms with E-state index in [0.29, 0.717) is 17.1 Å². The number of carboxylic acids is 1. The topological polar surface area (TPSA) is 101 Å². The van der Waals surface area contributed by atoms with Crippen LogP contribution < -0.4 is 10.9 Å². The Morgan fingerprint density at radius 3 is 2.74 bits per heavy atom. The highest BCUT2D eigenvalue weighted by molar-refractivity contribution is 7.15. The van der Waals surface area contributed by atoms with Crippen LogP contribution in [-0.4, -0.2) is 32.9 Å². The minimum absolute atomic E-state index is 0.0168. The molecular weight excluding hydrogens is 318 g/mol. The van der Waals surface area contributed by atoms with Crippen molar-refractivity contribution in [3.05, 3.63) is 33.2 Å². The second-order valence-electron chi connectivity index (χ2n) is 5.85. The van der Waals surface area contributed by atoms with Crippen LogP contribution >= 0.6 is 11.3 Å². The number of carbonyl (C=O) groups excluding carboxylic acids is 1. The van der Waals surface area contributed by atoms with Gasteiger partial charge >= 0.3 is 5.97 Å². The fraction of sp³-hybridized carbons (Fsp3) is 0.467. The SMILES string of the molecule is Cc1csc2ncc(C(=O)NCC(CC(C)C)C(=O)O)c(=O)n12. The Kier molecular flexibility index (Phi) is 5.15. The molecule has 2 heterocycles. The van der Waals surface area contributed by atoms with Crippen LogP contribution in [-0.2, 0) is 4.79 Å². The van der Waals surface area contributed by atoms with E-state index in [1.54, 1.807) is 12.3 Å². The molecule has 8 heteroatoms. The van der Waals surface area contributed by atoms with E-state index in [2.05, 4.69) is 10.3 Å². The van der Waals surface area contributed by atoms with Crippen LogP contribution in [0.1, 0.15) is 36.3 Å². The lowest BCUT2D eigenvalue weighted by molar-refractivity contribution is -0.142. The van der Waals surface area contributed by atoms with E-state index in [4.69, 9.17) is 0 Å². The molecule has 0 spiro atoms. The van der Waals surface area contributed by atoms with Gasteiger partial charge in [0.25, 0.3) is 11.5 Å². The fourth-order valence-corrected chi connectivity index (χ4v) is 3.16. The van der Waals surface area contributed by atoms with Crippen LogP contribution in [0.2, 0.25) is 0 Å². The third-order valence-electron chi connectivity index (χ3n) is 3.48. The van der Waals surface area contributed by atoms with Gasteiger partial charge in [0.1, 0.15) is 5.56 Å². The molecule has 0 bridgehead atoms. The predicted octanol–water partition coefficient (Wildman–Crippen LogP) is 1.54. The molecule has 7 nitrogen and oxygen atoms in total. The van der Waals surface area contributed by atoms with Crippen LogP contribution in [0.25, 0.3) is 4.96 Å². The molecule has 0 aromatic carbocycles. The zero-order valence-corrected chi connectivity index (χ0v) is 14.0. The number of aromatic nitrogens is 2. The molecule has 1 atom stereocenters. The summed E-state index contributed by atoms with van der Waals surface area (Å²) in [4.78, 5) is 40.4. The molecule has 0 aliphatic rings. The molecule has 0 aliphatic carbocycles. The number of carbonyl (C=O) groups is 2. The van der Waals surface area contributed by atoms with Crippen molar-refractivity contribution in [2.45, 2.75) is 27.2 Å². The minimum Gasteiger partial charge on any atom is -0.481 e. The summed E-state index contributed by atoms with van der Waals surface area (Å²) >= 11 is 1.32. The summed E-state index contributed by atoms with van der Waals surface area (Å²) in [6, 6.07) is 0. The van der Waals surface area contributed by atoms with E-state index in [9.17, 15) is 19.5 Å². The Bertz CT molecular complexity index is 794. The van der Waals surface area contributed by atoms with Crippen molar-refractivity contribution in [2.75, 3.05) is 6.54 Å². The molecule has 0 fully saturated rings. The standard InChI is InChI=1S/C15H19N3O4S/c1-8(2)4-10(14(21)22)5-16-12(19)11-6-17-15-18(13(11)20)9(3)7-23-15/h6-8,10H,4-5H2,1-3H3,(H,16,19)(H,21,22). The summed E-state index contributed by atoms with van der Waals surface area (Å²) in [5.41, 5.74) is 0.181. The number of carboxylic acid groups (broad SMARTS) is 1. The van der Waals surface area contributed by atoms with Crippen molar-refractivity contribution in [3.8, 4) is 0 Å². The molecule has 0 aliphatic heterocycles. The van der Waals surface area contributed by atoms with Crippen LogP contribution in [0.5, 0.6) is 0 Å². The van der Waals surface area contributed by atoms with Crippen molar-refractivity contribution < 1.29 is 14.7 Å². The van der Waals surface area contributed by atoms with Gasteiger partial charge in [-0.05, 0) is 19.3 Å². The molecule has 2 aromatic rings. The van der Waals surface area contributed by atoms with Crippen LogP contribution in [0, 0.1) is 18.8 Å². The number of thiazole rings is 1. The molecule has 124 valence electrons. The summed E-state index contributed by atoms with van der Waals surface area (Å²) in [6.45, 7) is 5.58. The van der Waals surface area contributed by atoms with Crippen molar-refractivity contribution in [1.29, 1.82) is 0 Å². The maximum atomic E-state index is 12.4. The lowest BCUT2D eigenvalue weighted by atomic mass is 9.97. The van der Waals surface area contributed by atoms with Crippen LogP contribution in [0.15, 0.2) is 16.4 Å². The van der Waals surface area contributed by atoms with Gasteiger partial charge in [-0.25, -0.2) is 4.98 Å². The fourth-order valence-electron chi connectivity index (χ4n) is 2.33. The monoisotopic (exact) mass is 337 g/mol. The Morgan fingerprint density at radius 1 is 1.43 bits per heavy atom. The zero-order chi connectivity index (χ0) is 17.1. The number of amides is 1. The van der Waals surface area contributed by atoms with Gasteiger partial charge in [-0.1, -0.05) is 13.8 Å². The minimum atomic E-state index is -0.960. The van der Waals surface area contributed by atoms with Gasteiger partial charge in [0.15, 0.2) is 4.96 Å². The summed E-state index contributed by atoms with van der Waals surface area (Å²) in [6.07, 6.45) is 1.69. The second-order valence-corrected chi connectivity index (χ2v) is 6.68. The summed E-state index contributed by atoms with van der Waals surface area (Å²) in [5, 5.41) is 13.5. The molecule has 23 heavy (non-hydrogen) atoms. The number of fused-ring (bicyclic) bond motifs is 1. The average molecular weight is 337 g/mol. The molecule has 1 amide bonds. The number of nitrogens with one attached hydrogen (secondary N) is 1. The first-order chi connectivity index (χ1) is 10.8. The second kappa shape index (κ2) is 6.91. The summed E-state index contributed by atoms with van der Waals surface area (Å²) < 4.78 is 1.38. The van der Waals surface area contributed by atoms with E-state index >= 15 is 0 Å². The number of nitrogens with zero attached hydrogens (tertiary/aromatic N) is 2. The van der Waals surface area contributed by atoms with Crippen LogP contribution in [0.3, 0.4) is 0 Å². The lowest BCUT2D eigenvalue weighted by Gasteiger charge is -2.15. The Balaban J connectivity index is 2.18. The zero-order valence-electron chi connectivity index (χ0n) is 13.2.